The van der Waals surface area contributed by atoms with E-state index in [9.17, 15) is 0 Å². The van der Waals surface area contributed by atoms with E-state index < -0.39 is 0 Å². The molecule has 0 radical (unpaired) electrons. The number of hydrogen-bond acceptors (Lipinski definition) is 3. The molecule has 0 amide bonds. The monoisotopic (exact) mass is 270 g/mol. The minimum atomic E-state index is 0.0954. The van der Waals surface area contributed by atoms with Crippen LogP contribution in [0.5, 0.6) is 0 Å². The van der Waals surface area contributed by atoms with E-state index in [1.54, 1.807) is 0 Å². The largest absolute Gasteiger partial charge is 0.326 e. The van der Waals surface area contributed by atoms with Gasteiger partial charge in [0.05, 0.1) is 6.04 Å². The van der Waals surface area contributed by atoms with Gasteiger partial charge < -0.3 is 5.73 Å². The van der Waals surface area contributed by atoms with Crippen molar-refractivity contribution in [2.45, 2.75) is 19.0 Å². The van der Waals surface area contributed by atoms with E-state index in [0.29, 0.717) is 0 Å². The lowest BCUT2D eigenvalue weighted by Crippen LogP contribution is -2.43. The molecule has 0 aliphatic carbocycles. The molecule has 1 aromatic rings. The lowest BCUT2D eigenvalue weighted by Gasteiger charge is -2.37. The highest BCUT2D eigenvalue weighted by atomic mass is 35.5. The molecule has 2 unspecified atom stereocenters. The fraction of sp³-hybridized carbons (Fsp3) is 0.538. The number of rotatable bonds is 3. The van der Waals surface area contributed by atoms with Crippen molar-refractivity contribution in [1.82, 2.24) is 4.90 Å². The predicted octanol–water partition coefficient (Wildman–Crippen LogP) is 2.78. The average Bonchev–Trinajstić information content (AvgIpc) is 2.33. The Balaban J connectivity index is 2.25. The molecule has 1 aliphatic rings. The molecule has 0 bridgehead atoms. The third kappa shape index (κ3) is 3.16. The fourth-order valence-electron chi connectivity index (χ4n) is 2.38. The highest BCUT2D eigenvalue weighted by molar-refractivity contribution is 7.99. The van der Waals surface area contributed by atoms with Crippen molar-refractivity contribution in [3.8, 4) is 0 Å². The van der Waals surface area contributed by atoms with E-state index in [1.807, 2.05) is 30.0 Å². The predicted molar refractivity (Wildman–Crippen MR) is 76.7 cm³/mol. The molecule has 0 spiro atoms. The molecule has 1 saturated heterocycles. The molecule has 94 valence electrons. The summed E-state index contributed by atoms with van der Waals surface area (Å²) in [6.45, 7) is 4.26. The lowest BCUT2D eigenvalue weighted by atomic mass is 9.99. The van der Waals surface area contributed by atoms with Crippen LogP contribution in [0.3, 0.4) is 0 Å². The zero-order valence-corrected chi connectivity index (χ0v) is 11.7. The molecule has 2 N–H and O–H groups in total. The summed E-state index contributed by atoms with van der Waals surface area (Å²) in [4.78, 5) is 2.46. The summed E-state index contributed by atoms with van der Waals surface area (Å²) >= 11 is 8.31. The number of hydrogen-bond donors (Lipinski definition) is 1. The van der Waals surface area contributed by atoms with Crippen LogP contribution in [-0.2, 0) is 0 Å². The Morgan fingerprint density at radius 3 is 2.53 bits per heavy atom. The van der Waals surface area contributed by atoms with Crippen LogP contribution >= 0.6 is 23.4 Å². The average molecular weight is 271 g/mol. The zero-order valence-electron chi connectivity index (χ0n) is 10.1. The quantitative estimate of drug-likeness (QED) is 0.916. The second-order valence-electron chi connectivity index (χ2n) is 4.47. The van der Waals surface area contributed by atoms with E-state index in [1.165, 1.54) is 11.5 Å². The van der Waals surface area contributed by atoms with Gasteiger partial charge in [-0.05, 0) is 18.6 Å². The smallest absolute Gasteiger partial charge is 0.0511 e. The van der Waals surface area contributed by atoms with Crippen molar-refractivity contribution in [1.29, 1.82) is 0 Å². The first-order chi connectivity index (χ1) is 8.20. The number of thioether (sulfide) groups is 1. The second-order valence-corrected chi connectivity index (χ2v) is 6.11. The summed E-state index contributed by atoms with van der Waals surface area (Å²) in [6, 6.07) is 8.39. The van der Waals surface area contributed by atoms with Gasteiger partial charge in [0.1, 0.15) is 0 Å². The van der Waals surface area contributed by atoms with Crippen LogP contribution in [0.15, 0.2) is 24.3 Å². The molecular weight excluding hydrogens is 252 g/mol. The molecule has 1 fully saturated rings. The molecule has 2 rings (SSSR count). The van der Waals surface area contributed by atoms with Gasteiger partial charge >= 0.3 is 0 Å². The van der Waals surface area contributed by atoms with Crippen molar-refractivity contribution < 1.29 is 0 Å². The maximum absolute atomic E-state index is 6.29. The van der Waals surface area contributed by atoms with Crippen LogP contribution in [0.1, 0.15) is 18.5 Å². The summed E-state index contributed by atoms with van der Waals surface area (Å²) in [7, 11) is 0. The summed E-state index contributed by atoms with van der Waals surface area (Å²) in [5, 5.41) is 0.827. The van der Waals surface area contributed by atoms with E-state index in [2.05, 4.69) is 17.9 Å². The minimum Gasteiger partial charge on any atom is -0.326 e. The summed E-state index contributed by atoms with van der Waals surface area (Å²) in [6.07, 6.45) is 0. The van der Waals surface area contributed by atoms with E-state index >= 15 is 0 Å². The molecule has 1 aromatic carbocycles. The number of nitrogens with zero attached hydrogens (tertiary/aromatic N) is 1. The van der Waals surface area contributed by atoms with Crippen LogP contribution in [0.25, 0.3) is 0 Å². The SMILES string of the molecule is CC(N)C(c1ccccc1Cl)N1CCSCC1. The Morgan fingerprint density at radius 1 is 1.29 bits per heavy atom. The normalized spacial score (nSPS) is 21.1. The fourth-order valence-corrected chi connectivity index (χ4v) is 3.56. The zero-order chi connectivity index (χ0) is 12.3. The van der Waals surface area contributed by atoms with Gasteiger partial charge in [-0.1, -0.05) is 29.8 Å². The number of halogens is 1. The highest BCUT2D eigenvalue weighted by Gasteiger charge is 2.26. The molecule has 17 heavy (non-hydrogen) atoms. The van der Waals surface area contributed by atoms with Crippen LogP contribution in [-0.4, -0.2) is 35.5 Å². The maximum Gasteiger partial charge on any atom is 0.0511 e. The van der Waals surface area contributed by atoms with Gasteiger partial charge in [0.15, 0.2) is 0 Å². The molecule has 0 aromatic heterocycles. The molecule has 2 nitrogen and oxygen atoms in total. The molecule has 0 saturated carbocycles. The van der Waals surface area contributed by atoms with Gasteiger partial charge in [-0.2, -0.15) is 11.8 Å². The Kier molecular flexibility index (Phi) is 4.74. The first-order valence-electron chi connectivity index (χ1n) is 6.02. The number of nitrogens with two attached hydrogens (primary N) is 1. The number of benzene rings is 1. The summed E-state index contributed by atoms with van der Waals surface area (Å²) in [5.74, 6) is 2.38. The Bertz CT molecular complexity index is 364. The van der Waals surface area contributed by atoms with Crippen molar-refractivity contribution >= 4 is 23.4 Å². The first kappa shape index (κ1) is 13.2. The molecule has 4 heteroatoms. The third-order valence-corrected chi connectivity index (χ3v) is 4.45. The van der Waals surface area contributed by atoms with Gasteiger partial charge in [0, 0.05) is 35.7 Å². The summed E-state index contributed by atoms with van der Waals surface area (Å²) < 4.78 is 0. The molecule has 2 atom stereocenters. The van der Waals surface area contributed by atoms with Crippen LogP contribution in [0.2, 0.25) is 5.02 Å². The van der Waals surface area contributed by atoms with Gasteiger partial charge in [0.25, 0.3) is 0 Å². The van der Waals surface area contributed by atoms with Gasteiger partial charge in [0.2, 0.25) is 0 Å². The van der Waals surface area contributed by atoms with Crippen molar-refractivity contribution in [3.63, 3.8) is 0 Å². The second kappa shape index (κ2) is 6.10. The van der Waals surface area contributed by atoms with Crippen molar-refractivity contribution in [3.05, 3.63) is 34.9 Å². The maximum atomic E-state index is 6.29. The van der Waals surface area contributed by atoms with Crippen LogP contribution in [0.4, 0.5) is 0 Å². The molecule has 1 heterocycles. The highest BCUT2D eigenvalue weighted by Crippen LogP contribution is 2.31. The van der Waals surface area contributed by atoms with Crippen molar-refractivity contribution in [2.24, 2.45) is 5.73 Å². The summed E-state index contributed by atoms with van der Waals surface area (Å²) in [5.41, 5.74) is 7.32. The van der Waals surface area contributed by atoms with Crippen molar-refractivity contribution in [2.75, 3.05) is 24.6 Å². The van der Waals surface area contributed by atoms with Crippen LogP contribution in [0, 0.1) is 0 Å². The Labute approximate surface area is 113 Å². The van der Waals surface area contributed by atoms with Gasteiger partial charge in [-0.15, -0.1) is 0 Å². The Hall–Kier alpha value is -0.220. The third-order valence-electron chi connectivity index (χ3n) is 3.16. The van der Waals surface area contributed by atoms with Gasteiger partial charge in [-0.3, -0.25) is 4.90 Å². The van der Waals surface area contributed by atoms with E-state index in [-0.39, 0.29) is 12.1 Å². The topological polar surface area (TPSA) is 29.3 Å². The standard InChI is InChI=1S/C13H19ClN2S/c1-10(15)13(16-6-8-17-9-7-16)11-4-2-3-5-12(11)14/h2-5,10,13H,6-9,15H2,1H3. The first-order valence-corrected chi connectivity index (χ1v) is 7.55. The van der Waals surface area contributed by atoms with E-state index in [4.69, 9.17) is 17.3 Å². The molecular formula is C13H19ClN2S. The lowest BCUT2D eigenvalue weighted by molar-refractivity contribution is 0.195. The van der Waals surface area contributed by atoms with E-state index in [0.717, 1.165) is 23.7 Å². The molecule has 1 aliphatic heterocycles. The van der Waals surface area contributed by atoms with Gasteiger partial charge in [-0.25, -0.2) is 0 Å². The Morgan fingerprint density at radius 2 is 1.94 bits per heavy atom. The van der Waals surface area contributed by atoms with Crippen LogP contribution < -0.4 is 5.73 Å². The minimum absolute atomic E-state index is 0.0954.